The van der Waals surface area contributed by atoms with E-state index >= 15 is 0 Å². The molecular weight excluding hydrogens is 381 g/mol. The average Bonchev–Trinajstić information content (AvgIpc) is 2.74. The fourth-order valence-electron chi connectivity index (χ4n) is 4.29. The molecule has 1 aliphatic heterocycles. The standard InChI is InChI=1S/C23H38FN5O/c1-3-25-22(27-19-23(9-4-10-23)11-18-30-2)26-12-13-28-14-16-29(17-15-28)21-7-5-20(24)6-8-21/h5-8H,3-4,9-19H2,1-2H3,(H2,25,26,27). The molecule has 6 nitrogen and oxygen atoms in total. The van der Waals surface area contributed by atoms with Gasteiger partial charge in [-0.05, 0) is 55.9 Å². The smallest absolute Gasteiger partial charge is 0.191 e. The van der Waals surface area contributed by atoms with Gasteiger partial charge in [0.1, 0.15) is 5.82 Å². The molecule has 0 amide bonds. The minimum absolute atomic E-state index is 0.177. The SMILES string of the molecule is CCNC(=NCC1(CCOC)CCC1)NCCN1CCN(c2ccc(F)cc2)CC1. The van der Waals surface area contributed by atoms with Gasteiger partial charge in [-0.3, -0.25) is 9.89 Å². The Bertz CT molecular complexity index is 654. The van der Waals surface area contributed by atoms with E-state index in [1.807, 2.05) is 12.1 Å². The molecule has 3 rings (SSSR count). The molecule has 0 bridgehead atoms. The van der Waals surface area contributed by atoms with E-state index in [0.29, 0.717) is 5.41 Å². The molecule has 2 N–H and O–H groups in total. The van der Waals surface area contributed by atoms with Gasteiger partial charge < -0.3 is 20.3 Å². The topological polar surface area (TPSA) is 52.1 Å². The third-order valence-electron chi connectivity index (χ3n) is 6.45. The van der Waals surface area contributed by atoms with E-state index in [0.717, 1.165) is 77.0 Å². The number of ether oxygens (including phenoxy) is 1. The Balaban J connectivity index is 1.40. The van der Waals surface area contributed by atoms with Crippen molar-refractivity contribution in [3.8, 4) is 0 Å². The first kappa shape index (κ1) is 22.8. The Morgan fingerprint density at radius 3 is 2.47 bits per heavy atom. The highest BCUT2D eigenvalue weighted by atomic mass is 19.1. The Kier molecular flexibility index (Phi) is 8.75. The highest BCUT2D eigenvalue weighted by Crippen LogP contribution is 2.44. The van der Waals surface area contributed by atoms with Crippen LogP contribution in [0.4, 0.5) is 10.1 Å². The lowest BCUT2D eigenvalue weighted by Crippen LogP contribution is -2.49. The number of nitrogens with one attached hydrogen (secondary N) is 2. The van der Waals surface area contributed by atoms with E-state index in [1.165, 1.54) is 31.4 Å². The maximum Gasteiger partial charge on any atom is 0.191 e. The zero-order valence-electron chi connectivity index (χ0n) is 18.6. The van der Waals surface area contributed by atoms with E-state index in [9.17, 15) is 4.39 Å². The largest absolute Gasteiger partial charge is 0.385 e. The molecule has 1 heterocycles. The van der Waals surface area contributed by atoms with Crippen LogP contribution in [0.15, 0.2) is 29.3 Å². The van der Waals surface area contributed by atoms with Gasteiger partial charge in [-0.15, -0.1) is 0 Å². The van der Waals surface area contributed by atoms with Gasteiger partial charge in [0.25, 0.3) is 0 Å². The van der Waals surface area contributed by atoms with Crippen LogP contribution in [0.2, 0.25) is 0 Å². The molecule has 1 aliphatic carbocycles. The summed E-state index contributed by atoms with van der Waals surface area (Å²) in [6.45, 7) is 10.5. The van der Waals surface area contributed by atoms with Crippen LogP contribution in [-0.4, -0.2) is 76.9 Å². The van der Waals surface area contributed by atoms with Crippen molar-refractivity contribution in [1.82, 2.24) is 15.5 Å². The van der Waals surface area contributed by atoms with Crippen LogP contribution in [-0.2, 0) is 4.74 Å². The lowest BCUT2D eigenvalue weighted by molar-refractivity contribution is 0.0778. The van der Waals surface area contributed by atoms with Crippen LogP contribution in [0, 0.1) is 11.2 Å². The molecular formula is C23H38FN5O. The third kappa shape index (κ3) is 6.57. The second kappa shape index (κ2) is 11.5. The van der Waals surface area contributed by atoms with Crippen LogP contribution in [0.5, 0.6) is 0 Å². The lowest BCUT2D eigenvalue weighted by Gasteiger charge is -2.40. The van der Waals surface area contributed by atoms with Crippen LogP contribution in [0.3, 0.4) is 0 Å². The van der Waals surface area contributed by atoms with E-state index < -0.39 is 0 Å². The second-order valence-corrected chi connectivity index (χ2v) is 8.52. The fourth-order valence-corrected chi connectivity index (χ4v) is 4.29. The summed E-state index contributed by atoms with van der Waals surface area (Å²) in [4.78, 5) is 9.68. The number of guanidine groups is 1. The fraction of sp³-hybridized carbons (Fsp3) is 0.696. The Morgan fingerprint density at radius 1 is 1.13 bits per heavy atom. The van der Waals surface area contributed by atoms with Crippen molar-refractivity contribution in [3.05, 3.63) is 30.1 Å². The van der Waals surface area contributed by atoms with Crippen LogP contribution >= 0.6 is 0 Å². The van der Waals surface area contributed by atoms with E-state index in [-0.39, 0.29) is 5.82 Å². The predicted molar refractivity (Wildman–Crippen MR) is 122 cm³/mol. The number of methoxy groups -OCH3 is 1. The molecule has 1 saturated carbocycles. The number of anilines is 1. The first-order valence-corrected chi connectivity index (χ1v) is 11.4. The van der Waals surface area contributed by atoms with Gasteiger partial charge in [0.15, 0.2) is 5.96 Å². The van der Waals surface area contributed by atoms with Gasteiger partial charge in [0, 0.05) is 71.8 Å². The lowest BCUT2D eigenvalue weighted by atomic mass is 9.67. The molecule has 30 heavy (non-hydrogen) atoms. The molecule has 2 fully saturated rings. The number of piperazine rings is 1. The highest BCUT2D eigenvalue weighted by Gasteiger charge is 2.36. The molecule has 0 aromatic heterocycles. The van der Waals surface area contributed by atoms with E-state index in [1.54, 1.807) is 7.11 Å². The number of rotatable bonds is 10. The van der Waals surface area contributed by atoms with Crippen molar-refractivity contribution in [2.75, 3.05) is 71.0 Å². The number of hydrogen-bond donors (Lipinski definition) is 2. The van der Waals surface area contributed by atoms with E-state index in [2.05, 4.69) is 27.4 Å². The third-order valence-corrected chi connectivity index (χ3v) is 6.45. The maximum absolute atomic E-state index is 13.1. The molecule has 1 aromatic carbocycles. The zero-order valence-corrected chi connectivity index (χ0v) is 18.6. The van der Waals surface area contributed by atoms with Gasteiger partial charge in [0.05, 0.1) is 0 Å². The summed E-state index contributed by atoms with van der Waals surface area (Å²) < 4.78 is 18.4. The number of halogens is 1. The molecule has 0 unspecified atom stereocenters. The Morgan fingerprint density at radius 2 is 1.87 bits per heavy atom. The summed E-state index contributed by atoms with van der Waals surface area (Å²) >= 11 is 0. The average molecular weight is 420 g/mol. The van der Waals surface area contributed by atoms with Crippen molar-refractivity contribution in [3.63, 3.8) is 0 Å². The highest BCUT2D eigenvalue weighted by molar-refractivity contribution is 5.79. The summed E-state index contributed by atoms with van der Waals surface area (Å²) in [6.07, 6.45) is 4.94. The number of aliphatic imine (C=N–C) groups is 1. The summed E-state index contributed by atoms with van der Waals surface area (Å²) in [7, 11) is 1.78. The maximum atomic E-state index is 13.1. The van der Waals surface area contributed by atoms with E-state index in [4.69, 9.17) is 9.73 Å². The number of nitrogens with zero attached hydrogens (tertiary/aromatic N) is 3. The van der Waals surface area contributed by atoms with Crippen LogP contribution < -0.4 is 15.5 Å². The molecule has 168 valence electrons. The molecule has 0 atom stereocenters. The normalized spacial score (nSPS) is 19.4. The quantitative estimate of drug-likeness (QED) is 0.451. The minimum Gasteiger partial charge on any atom is -0.385 e. The number of benzene rings is 1. The molecule has 1 aromatic rings. The first-order valence-electron chi connectivity index (χ1n) is 11.4. The van der Waals surface area contributed by atoms with Gasteiger partial charge >= 0.3 is 0 Å². The predicted octanol–water partition coefficient (Wildman–Crippen LogP) is 2.71. The van der Waals surface area contributed by atoms with Crippen molar-refractivity contribution in [2.45, 2.75) is 32.6 Å². The first-order chi connectivity index (χ1) is 14.6. The van der Waals surface area contributed by atoms with Gasteiger partial charge in [-0.1, -0.05) is 6.42 Å². The zero-order chi connectivity index (χ0) is 21.2. The Hall–Kier alpha value is -1.86. The number of hydrogen-bond acceptors (Lipinski definition) is 4. The van der Waals surface area contributed by atoms with Gasteiger partial charge in [-0.25, -0.2) is 4.39 Å². The summed E-state index contributed by atoms with van der Waals surface area (Å²) in [6, 6.07) is 6.81. The Labute approximate surface area is 180 Å². The summed E-state index contributed by atoms with van der Waals surface area (Å²) in [5, 5.41) is 6.89. The van der Waals surface area contributed by atoms with Crippen molar-refractivity contribution in [1.29, 1.82) is 0 Å². The molecule has 7 heteroatoms. The van der Waals surface area contributed by atoms with Crippen molar-refractivity contribution < 1.29 is 9.13 Å². The van der Waals surface area contributed by atoms with Gasteiger partial charge in [0.2, 0.25) is 0 Å². The monoisotopic (exact) mass is 419 g/mol. The van der Waals surface area contributed by atoms with Crippen molar-refractivity contribution in [2.24, 2.45) is 10.4 Å². The molecule has 1 saturated heterocycles. The molecule has 0 radical (unpaired) electrons. The van der Waals surface area contributed by atoms with Crippen LogP contribution in [0.1, 0.15) is 32.6 Å². The summed E-state index contributed by atoms with van der Waals surface area (Å²) in [5.74, 6) is 0.745. The second-order valence-electron chi connectivity index (χ2n) is 8.52. The summed E-state index contributed by atoms with van der Waals surface area (Å²) in [5.41, 5.74) is 1.45. The van der Waals surface area contributed by atoms with Gasteiger partial charge in [-0.2, -0.15) is 0 Å². The minimum atomic E-state index is -0.177. The molecule has 2 aliphatic rings. The molecule has 0 spiro atoms. The van der Waals surface area contributed by atoms with Crippen molar-refractivity contribution >= 4 is 11.6 Å². The van der Waals surface area contributed by atoms with Crippen LogP contribution in [0.25, 0.3) is 0 Å².